The van der Waals surface area contributed by atoms with E-state index >= 15 is 0 Å². The lowest BCUT2D eigenvalue weighted by molar-refractivity contribution is -0.906. The van der Waals surface area contributed by atoms with Crippen molar-refractivity contribution in [3.05, 3.63) is 35.3 Å². The van der Waals surface area contributed by atoms with Crippen LogP contribution >= 0.6 is 0 Å². The molecule has 1 aromatic rings. The van der Waals surface area contributed by atoms with Crippen molar-refractivity contribution in [3.8, 4) is 0 Å². The third-order valence-corrected chi connectivity index (χ3v) is 3.11. The van der Waals surface area contributed by atoms with Gasteiger partial charge in [0.05, 0.1) is 18.8 Å². The molecule has 0 spiro atoms. The maximum absolute atomic E-state index is 12.4. The Labute approximate surface area is 89.3 Å². The van der Waals surface area contributed by atoms with Crippen LogP contribution in [-0.4, -0.2) is 33.9 Å². The van der Waals surface area contributed by atoms with Gasteiger partial charge in [0.25, 0.3) is 0 Å². The van der Waals surface area contributed by atoms with Crippen molar-refractivity contribution in [3.63, 3.8) is 0 Å². The molecule has 2 heterocycles. The molecule has 1 N–H and O–H groups in total. The van der Waals surface area contributed by atoms with Gasteiger partial charge in [0.1, 0.15) is 12.6 Å². The molecule has 4 heteroatoms. The summed E-state index contributed by atoms with van der Waals surface area (Å²) in [5, 5.41) is 21.5. The van der Waals surface area contributed by atoms with Gasteiger partial charge in [0.2, 0.25) is 0 Å². The summed E-state index contributed by atoms with van der Waals surface area (Å²) < 4.78 is -0.312. The first-order valence-electron chi connectivity index (χ1n) is 5.33. The Kier molecular flexibility index (Phi) is 3.00. The normalized spacial score (nSPS) is 30.7. The van der Waals surface area contributed by atoms with Crippen molar-refractivity contribution in [1.29, 1.82) is 0 Å². The zero-order valence-corrected chi connectivity index (χ0v) is 8.67. The molecule has 4 nitrogen and oxygen atoms in total. The van der Waals surface area contributed by atoms with E-state index in [-0.39, 0.29) is 17.3 Å². The van der Waals surface area contributed by atoms with Crippen LogP contribution in [0.2, 0.25) is 0 Å². The zero-order chi connectivity index (χ0) is 10.7. The molecular formula is C11H16N2O2. The minimum Gasteiger partial charge on any atom is -0.632 e. The van der Waals surface area contributed by atoms with Gasteiger partial charge in [-0.1, -0.05) is 6.07 Å². The molecule has 1 aromatic heterocycles. The molecule has 0 aromatic carbocycles. The van der Waals surface area contributed by atoms with Crippen LogP contribution in [0.5, 0.6) is 0 Å². The van der Waals surface area contributed by atoms with E-state index in [9.17, 15) is 5.21 Å². The lowest BCUT2D eigenvalue weighted by Crippen LogP contribution is -2.47. The number of quaternary nitrogens is 1. The minimum absolute atomic E-state index is 0.0175. The summed E-state index contributed by atoms with van der Waals surface area (Å²) in [5.41, 5.74) is 0.813. The van der Waals surface area contributed by atoms with E-state index in [1.165, 1.54) is 0 Å². The molecule has 0 amide bonds. The predicted octanol–water partition coefficient (Wildman–Crippen LogP) is 1.05. The Morgan fingerprint density at radius 1 is 1.53 bits per heavy atom. The Balaban J connectivity index is 2.10. The molecule has 1 saturated heterocycles. The van der Waals surface area contributed by atoms with Gasteiger partial charge < -0.3 is 15.0 Å². The van der Waals surface area contributed by atoms with Gasteiger partial charge in [0, 0.05) is 19.0 Å². The zero-order valence-electron chi connectivity index (χ0n) is 8.67. The predicted molar refractivity (Wildman–Crippen MR) is 56.5 cm³/mol. The molecule has 2 rings (SSSR count). The van der Waals surface area contributed by atoms with Crippen LogP contribution in [0.1, 0.15) is 18.5 Å². The number of rotatable bonds is 3. The van der Waals surface area contributed by atoms with E-state index in [1.54, 1.807) is 6.20 Å². The number of hydrogen-bond acceptors (Lipinski definition) is 3. The molecule has 2 atom stereocenters. The summed E-state index contributed by atoms with van der Waals surface area (Å²) in [5.74, 6) is 0. The molecule has 15 heavy (non-hydrogen) atoms. The fourth-order valence-corrected chi connectivity index (χ4v) is 2.23. The van der Waals surface area contributed by atoms with Gasteiger partial charge in [-0.3, -0.25) is 4.98 Å². The van der Waals surface area contributed by atoms with Gasteiger partial charge in [-0.05, 0) is 12.1 Å². The second-order valence-electron chi connectivity index (χ2n) is 4.13. The molecule has 0 bridgehead atoms. The summed E-state index contributed by atoms with van der Waals surface area (Å²) >= 11 is 0. The number of hydroxylamine groups is 3. The Morgan fingerprint density at radius 3 is 3.07 bits per heavy atom. The van der Waals surface area contributed by atoms with E-state index < -0.39 is 0 Å². The number of pyridine rings is 1. The average molecular weight is 208 g/mol. The highest BCUT2D eigenvalue weighted by molar-refractivity contribution is 5.02. The van der Waals surface area contributed by atoms with E-state index in [0.717, 1.165) is 18.5 Å². The first kappa shape index (κ1) is 10.5. The average Bonchev–Trinajstić information content (AvgIpc) is 2.60. The number of hydrogen-bond donors (Lipinski definition) is 1. The van der Waals surface area contributed by atoms with Gasteiger partial charge in [-0.2, -0.15) is 0 Å². The fraction of sp³-hybridized carbons (Fsp3) is 0.545. The second kappa shape index (κ2) is 4.26. The van der Waals surface area contributed by atoms with Crippen molar-refractivity contribution in [2.45, 2.75) is 25.4 Å². The van der Waals surface area contributed by atoms with Crippen molar-refractivity contribution in [2.75, 3.05) is 13.2 Å². The quantitative estimate of drug-likeness (QED) is 0.596. The molecule has 0 radical (unpaired) electrons. The van der Waals surface area contributed by atoms with E-state index in [0.29, 0.717) is 13.1 Å². The van der Waals surface area contributed by atoms with Crippen LogP contribution < -0.4 is 0 Å². The first-order valence-corrected chi connectivity index (χ1v) is 5.33. The van der Waals surface area contributed by atoms with Crippen LogP contribution in [0.15, 0.2) is 24.4 Å². The van der Waals surface area contributed by atoms with Crippen LogP contribution in [0.4, 0.5) is 0 Å². The van der Waals surface area contributed by atoms with Gasteiger partial charge in [0.15, 0.2) is 0 Å². The summed E-state index contributed by atoms with van der Waals surface area (Å²) in [7, 11) is 0. The largest absolute Gasteiger partial charge is 0.632 e. The van der Waals surface area contributed by atoms with E-state index in [2.05, 4.69) is 4.98 Å². The SMILES string of the molecule is [O-][N@@+]1(Cc2ccccn2)CCC[C@H]1CO. The summed E-state index contributed by atoms with van der Waals surface area (Å²) in [6.07, 6.45) is 3.43. The number of aliphatic hydroxyl groups is 1. The first-order chi connectivity index (χ1) is 7.24. The van der Waals surface area contributed by atoms with Crippen molar-refractivity contribution in [2.24, 2.45) is 0 Å². The summed E-state index contributed by atoms with van der Waals surface area (Å²) in [6.45, 7) is 0.963. The molecule has 0 aliphatic carbocycles. The maximum Gasteiger partial charge on any atom is 0.122 e. The third kappa shape index (κ3) is 2.17. The molecule has 82 valence electrons. The second-order valence-corrected chi connectivity index (χ2v) is 4.13. The topological polar surface area (TPSA) is 56.2 Å². The molecule has 0 saturated carbocycles. The number of nitrogens with zero attached hydrogens (tertiary/aromatic N) is 2. The van der Waals surface area contributed by atoms with Crippen LogP contribution in [0, 0.1) is 5.21 Å². The van der Waals surface area contributed by atoms with Crippen molar-refractivity contribution >= 4 is 0 Å². The standard InChI is InChI=1S/C11H16N2O2/c14-9-11-5-3-7-13(11,15)8-10-4-1-2-6-12-10/h1-2,4,6,11,14H,3,5,7-9H2/t11-,13+/m0/s1. The number of aromatic nitrogens is 1. The van der Waals surface area contributed by atoms with Gasteiger partial charge in [-0.25, -0.2) is 0 Å². The summed E-state index contributed by atoms with van der Waals surface area (Å²) in [4.78, 5) is 4.16. The van der Waals surface area contributed by atoms with Crippen molar-refractivity contribution in [1.82, 2.24) is 4.98 Å². The minimum atomic E-state index is -0.312. The lowest BCUT2D eigenvalue weighted by atomic mass is 10.2. The van der Waals surface area contributed by atoms with Crippen LogP contribution in [0.3, 0.4) is 0 Å². The Hall–Kier alpha value is -0.970. The van der Waals surface area contributed by atoms with Crippen LogP contribution in [0.25, 0.3) is 0 Å². The fourth-order valence-electron chi connectivity index (χ4n) is 2.23. The highest BCUT2D eigenvalue weighted by Gasteiger charge is 2.34. The lowest BCUT2D eigenvalue weighted by Gasteiger charge is -2.43. The van der Waals surface area contributed by atoms with Crippen molar-refractivity contribution < 1.29 is 9.75 Å². The van der Waals surface area contributed by atoms with E-state index in [4.69, 9.17) is 5.11 Å². The summed E-state index contributed by atoms with van der Waals surface area (Å²) in [6, 6.07) is 5.43. The van der Waals surface area contributed by atoms with E-state index in [1.807, 2.05) is 18.2 Å². The highest BCUT2D eigenvalue weighted by atomic mass is 16.6. The maximum atomic E-state index is 12.4. The molecule has 1 fully saturated rings. The number of aliphatic hydroxyl groups excluding tert-OH is 1. The van der Waals surface area contributed by atoms with Gasteiger partial charge >= 0.3 is 0 Å². The smallest absolute Gasteiger partial charge is 0.122 e. The Morgan fingerprint density at radius 2 is 2.40 bits per heavy atom. The molecular weight excluding hydrogens is 192 g/mol. The highest BCUT2D eigenvalue weighted by Crippen LogP contribution is 2.27. The van der Waals surface area contributed by atoms with Crippen LogP contribution in [-0.2, 0) is 6.54 Å². The molecule has 1 aliphatic rings. The Bertz CT molecular complexity index is 318. The molecule has 1 aliphatic heterocycles. The third-order valence-electron chi connectivity index (χ3n) is 3.11. The number of likely N-dealkylation sites (tertiary alicyclic amines) is 1. The molecule has 0 unspecified atom stereocenters. The van der Waals surface area contributed by atoms with Gasteiger partial charge in [-0.15, -0.1) is 0 Å². The monoisotopic (exact) mass is 208 g/mol.